The van der Waals surface area contributed by atoms with Crippen LogP contribution in [0.25, 0.3) is 0 Å². The molecule has 1 aliphatic carbocycles. The molecular weight excluding hydrogens is 457 g/mol. The van der Waals surface area contributed by atoms with Gasteiger partial charge < -0.3 is 10.1 Å². The largest absolute Gasteiger partial charge is 0.416 e. The number of hydrogen-bond acceptors (Lipinski definition) is 4. The summed E-state index contributed by atoms with van der Waals surface area (Å²) in [7, 11) is 0. The number of nitrogens with one attached hydrogen (secondary N) is 1. The van der Waals surface area contributed by atoms with E-state index in [9.17, 15) is 22.8 Å². The molecule has 35 heavy (non-hydrogen) atoms. The molecule has 0 aromatic heterocycles. The van der Waals surface area contributed by atoms with Gasteiger partial charge in [0.25, 0.3) is 0 Å². The molecule has 5 nitrogen and oxygen atoms in total. The molecule has 1 N–H and O–H groups in total. The minimum Gasteiger partial charge on any atom is -0.372 e. The van der Waals surface area contributed by atoms with Gasteiger partial charge in [-0.2, -0.15) is 13.2 Å². The number of likely N-dealkylation sites (tertiary alicyclic amines) is 1. The number of benzene rings is 2. The summed E-state index contributed by atoms with van der Waals surface area (Å²) in [6.45, 7) is 2.48. The van der Waals surface area contributed by atoms with Crippen LogP contribution in [0.15, 0.2) is 54.6 Å². The van der Waals surface area contributed by atoms with Crippen LogP contribution in [0.2, 0.25) is 0 Å². The van der Waals surface area contributed by atoms with Gasteiger partial charge in [-0.25, -0.2) is 0 Å². The third-order valence-electron chi connectivity index (χ3n) is 7.61. The number of Topliss-reactive ketones (excluding diaryl/α,β-unsaturated/α-hetero) is 1. The second-order valence-electron chi connectivity index (χ2n) is 9.86. The van der Waals surface area contributed by atoms with Gasteiger partial charge in [0.15, 0.2) is 0 Å². The summed E-state index contributed by atoms with van der Waals surface area (Å²) < 4.78 is 44.6. The predicted molar refractivity (Wildman–Crippen MR) is 125 cm³/mol. The third kappa shape index (κ3) is 5.43. The van der Waals surface area contributed by atoms with Crippen LogP contribution in [0.3, 0.4) is 0 Å². The van der Waals surface area contributed by atoms with Gasteiger partial charge in [-0.05, 0) is 48.4 Å². The fourth-order valence-corrected chi connectivity index (χ4v) is 5.69. The normalized spacial score (nSPS) is 28.4. The Kier molecular flexibility index (Phi) is 6.68. The van der Waals surface area contributed by atoms with E-state index >= 15 is 0 Å². The van der Waals surface area contributed by atoms with Crippen LogP contribution in [-0.2, 0) is 20.5 Å². The number of anilines is 1. The Morgan fingerprint density at radius 2 is 1.71 bits per heavy atom. The number of ether oxygens (including phenoxy) is 1. The highest BCUT2D eigenvalue weighted by Gasteiger charge is 2.59. The molecule has 2 aromatic rings. The van der Waals surface area contributed by atoms with E-state index in [0.29, 0.717) is 24.5 Å². The van der Waals surface area contributed by atoms with Crippen molar-refractivity contribution >= 4 is 17.4 Å². The second kappa shape index (κ2) is 9.74. The summed E-state index contributed by atoms with van der Waals surface area (Å²) in [4.78, 5) is 27.3. The van der Waals surface area contributed by atoms with E-state index in [1.54, 1.807) is 0 Å². The minimum absolute atomic E-state index is 0.00850. The third-order valence-corrected chi connectivity index (χ3v) is 7.61. The highest BCUT2D eigenvalue weighted by atomic mass is 19.4. The monoisotopic (exact) mass is 486 g/mol. The van der Waals surface area contributed by atoms with Crippen LogP contribution in [0.4, 0.5) is 18.9 Å². The molecule has 2 aromatic carbocycles. The predicted octanol–water partition coefficient (Wildman–Crippen LogP) is 5.09. The van der Waals surface area contributed by atoms with E-state index in [1.807, 2.05) is 18.2 Å². The number of carbonyl (C=O) groups is 2. The van der Waals surface area contributed by atoms with Gasteiger partial charge in [0.05, 0.1) is 18.3 Å². The maximum absolute atomic E-state index is 12.8. The van der Waals surface area contributed by atoms with Crippen molar-refractivity contribution in [2.24, 2.45) is 17.8 Å². The van der Waals surface area contributed by atoms with Crippen molar-refractivity contribution in [3.63, 3.8) is 0 Å². The van der Waals surface area contributed by atoms with Gasteiger partial charge in [0.1, 0.15) is 5.78 Å². The molecule has 8 heteroatoms. The quantitative estimate of drug-likeness (QED) is 0.592. The van der Waals surface area contributed by atoms with Crippen molar-refractivity contribution in [1.82, 2.24) is 4.90 Å². The first-order valence-corrected chi connectivity index (χ1v) is 12.2. The Morgan fingerprint density at radius 1 is 0.971 bits per heavy atom. The number of fused-ring (bicyclic) bond motifs is 1. The summed E-state index contributed by atoms with van der Waals surface area (Å²) in [6.07, 6.45) is -2.15. The van der Waals surface area contributed by atoms with E-state index in [2.05, 4.69) is 22.3 Å². The Balaban J connectivity index is 1.03. The molecule has 3 fully saturated rings. The van der Waals surface area contributed by atoms with Crippen LogP contribution in [0, 0.1) is 17.8 Å². The van der Waals surface area contributed by atoms with E-state index in [1.165, 1.54) is 17.7 Å². The second-order valence-corrected chi connectivity index (χ2v) is 9.86. The summed E-state index contributed by atoms with van der Waals surface area (Å²) in [5, 5.41) is 2.47. The van der Waals surface area contributed by atoms with E-state index in [0.717, 1.165) is 38.1 Å². The Bertz CT molecular complexity index is 1050. The average molecular weight is 487 g/mol. The van der Waals surface area contributed by atoms with Gasteiger partial charge in [-0.3, -0.25) is 14.5 Å². The lowest BCUT2D eigenvalue weighted by Crippen LogP contribution is -2.42. The highest BCUT2D eigenvalue weighted by Crippen LogP contribution is 2.53. The lowest BCUT2D eigenvalue weighted by atomic mass is 9.98. The zero-order valence-electron chi connectivity index (χ0n) is 19.3. The van der Waals surface area contributed by atoms with Crippen LogP contribution in [0.1, 0.15) is 42.9 Å². The molecule has 1 unspecified atom stereocenters. The Hall–Kier alpha value is -2.71. The smallest absolute Gasteiger partial charge is 0.372 e. The van der Waals surface area contributed by atoms with E-state index < -0.39 is 17.6 Å². The molecule has 2 aliphatic heterocycles. The van der Waals surface area contributed by atoms with Crippen molar-refractivity contribution in [3.05, 3.63) is 65.7 Å². The van der Waals surface area contributed by atoms with Gasteiger partial charge in [-0.15, -0.1) is 0 Å². The zero-order valence-corrected chi connectivity index (χ0v) is 19.3. The first-order valence-electron chi connectivity index (χ1n) is 12.2. The van der Waals surface area contributed by atoms with Crippen LogP contribution in [0.5, 0.6) is 0 Å². The first kappa shape index (κ1) is 24.0. The molecular formula is C27H29F3N2O3. The number of halogens is 3. The standard InChI is InChI=1S/C27H29F3N2O3/c28-27(29,30)18-7-4-8-19(13-18)31-25(34)12-10-23(33)26-21-14-32(15-22(21)26)20-9-11-24(35-16-20)17-5-2-1-3-6-17/h1-8,13,20-22,24,26H,9-12,14-16H2,(H,31,34)/t20-,21-,22+,24-,26?/m0/s1. The molecule has 1 amide bonds. The van der Waals surface area contributed by atoms with Crippen LogP contribution in [-0.4, -0.2) is 42.3 Å². The lowest BCUT2D eigenvalue weighted by molar-refractivity contribution is -0.137. The molecule has 0 spiro atoms. The van der Waals surface area contributed by atoms with Gasteiger partial charge >= 0.3 is 6.18 Å². The van der Waals surface area contributed by atoms with Crippen molar-refractivity contribution < 1.29 is 27.5 Å². The molecule has 5 atom stereocenters. The molecule has 5 rings (SSSR count). The number of rotatable bonds is 7. The van der Waals surface area contributed by atoms with Gasteiger partial charge in [0, 0.05) is 43.6 Å². The van der Waals surface area contributed by atoms with Gasteiger partial charge in [-0.1, -0.05) is 36.4 Å². The summed E-state index contributed by atoms with van der Waals surface area (Å²) in [5.41, 5.74) is 0.485. The molecule has 0 bridgehead atoms. The molecule has 1 saturated carbocycles. The van der Waals surface area contributed by atoms with Crippen molar-refractivity contribution in [1.29, 1.82) is 0 Å². The minimum atomic E-state index is -4.47. The van der Waals surface area contributed by atoms with Crippen molar-refractivity contribution in [3.8, 4) is 0 Å². The van der Waals surface area contributed by atoms with E-state index in [-0.39, 0.29) is 36.3 Å². The fraction of sp³-hybridized carbons (Fsp3) is 0.481. The van der Waals surface area contributed by atoms with Crippen molar-refractivity contribution in [2.75, 3.05) is 25.0 Å². The topological polar surface area (TPSA) is 58.6 Å². The number of piperidine rings is 1. The number of hydrogen-bond donors (Lipinski definition) is 1. The van der Waals surface area contributed by atoms with E-state index in [4.69, 9.17) is 4.74 Å². The molecule has 2 heterocycles. The van der Waals surface area contributed by atoms with Crippen LogP contribution >= 0.6 is 0 Å². The van der Waals surface area contributed by atoms with Gasteiger partial charge in [0.2, 0.25) is 5.91 Å². The first-order chi connectivity index (χ1) is 16.8. The molecule has 2 saturated heterocycles. The summed E-state index contributed by atoms with van der Waals surface area (Å²) in [6, 6.07) is 15.2. The van der Waals surface area contributed by atoms with Crippen LogP contribution < -0.4 is 5.32 Å². The maximum Gasteiger partial charge on any atom is 0.416 e. The Morgan fingerprint density at radius 3 is 2.37 bits per heavy atom. The number of nitrogens with zero attached hydrogens (tertiary/aromatic N) is 1. The molecule has 3 aliphatic rings. The molecule has 186 valence electrons. The fourth-order valence-electron chi connectivity index (χ4n) is 5.69. The lowest BCUT2D eigenvalue weighted by Gasteiger charge is -2.36. The summed E-state index contributed by atoms with van der Waals surface area (Å²) in [5.74, 6) is 0.344. The zero-order chi connectivity index (χ0) is 24.6. The summed E-state index contributed by atoms with van der Waals surface area (Å²) >= 11 is 0. The Labute approximate surface area is 202 Å². The number of alkyl halides is 3. The number of ketones is 1. The maximum atomic E-state index is 12.8. The number of carbonyl (C=O) groups excluding carboxylic acids is 2. The number of amides is 1. The molecule has 0 radical (unpaired) electrons. The van der Waals surface area contributed by atoms with Crippen molar-refractivity contribution in [2.45, 2.75) is 44.0 Å². The average Bonchev–Trinajstić information content (AvgIpc) is 3.36. The highest BCUT2D eigenvalue weighted by molar-refractivity contribution is 5.94. The SMILES string of the molecule is O=C(CCC(=O)C1[C@H]2CN([C@H]3CC[C@@H](c4ccccc4)OC3)C[C@@H]12)Nc1cccc(C(F)(F)F)c1.